The Labute approximate surface area is 54.9 Å². The van der Waals surface area contributed by atoms with Crippen molar-refractivity contribution in [1.82, 2.24) is 0 Å². The number of primary amides is 1. The van der Waals surface area contributed by atoms with Gasteiger partial charge in [0, 0.05) is 0 Å². The number of hydrogen-bond acceptors (Lipinski definition) is 1. The lowest BCUT2D eigenvalue weighted by atomic mass is 10.2. The molecule has 1 fully saturated rings. The number of amides is 1. The minimum absolute atomic E-state index is 0.750. The first kappa shape index (κ1) is 8.27. The summed E-state index contributed by atoms with van der Waals surface area (Å²) in [6.07, 6.45) is 1.57. The summed E-state index contributed by atoms with van der Waals surface area (Å²) in [7, 11) is 0. The lowest BCUT2D eigenvalue weighted by Crippen LogP contribution is -2.03. The quantitative estimate of drug-likeness (QED) is 0.522. The molecule has 0 heterocycles. The van der Waals surface area contributed by atoms with Gasteiger partial charge >= 0.3 is 6.09 Å². The van der Waals surface area contributed by atoms with Crippen molar-refractivity contribution < 1.29 is 9.90 Å². The molecule has 0 unspecified atom stereocenters. The zero-order chi connectivity index (χ0) is 7.49. The maximum absolute atomic E-state index is 8.78. The Bertz CT molecular complexity index is 99.6. The molecule has 3 N–H and O–H groups in total. The molecule has 0 aromatic carbocycles. The van der Waals surface area contributed by atoms with Crippen molar-refractivity contribution in [1.29, 1.82) is 0 Å². The number of nitrogens with two attached hydrogens (primary N) is 1. The maximum atomic E-state index is 8.78. The Hall–Kier alpha value is -0.730. The van der Waals surface area contributed by atoms with E-state index in [1.807, 2.05) is 0 Å². The molecule has 9 heavy (non-hydrogen) atoms. The van der Waals surface area contributed by atoms with Crippen molar-refractivity contribution >= 4 is 6.09 Å². The molecular formula is C6H13NO2. The molecule has 0 saturated heterocycles. The van der Waals surface area contributed by atoms with Crippen molar-refractivity contribution in [3.8, 4) is 0 Å². The van der Waals surface area contributed by atoms with Gasteiger partial charge in [0.1, 0.15) is 0 Å². The van der Waals surface area contributed by atoms with Crippen LogP contribution in [-0.4, -0.2) is 11.2 Å². The highest BCUT2D eigenvalue weighted by Crippen LogP contribution is 2.43. The monoisotopic (exact) mass is 131 g/mol. The largest absolute Gasteiger partial charge is 0.465 e. The predicted octanol–water partition coefficient (Wildman–Crippen LogP) is 1.43. The van der Waals surface area contributed by atoms with E-state index in [1.165, 1.54) is 12.8 Å². The summed E-state index contributed by atoms with van der Waals surface area (Å²) in [6.45, 7) is 4.60. The minimum atomic E-state index is -1.33. The molecule has 0 bridgehead atoms. The Morgan fingerprint density at radius 3 is 1.67 bits per heavy atom. The average Bonchev–Trinajstić information content (AvgIpc) is 2.16. The first-order chi connectivity index (χ1) is 3.94. The fourth-order valence-electron chi connectivity index (χ4n) is 0.250. The molecule has 3 heteroatoms. The smallest absolute Gasteiger partial charge is 0.402 e. The van der Waals surface area contributed by atoms with Gasteiger partial charge in [0.05, 0.1) is 0 Å². The van der Waals surface area contributed by atoms with Crippen LogP contribution in [0.4, 0.5) is 4.79 Å². The summed E-state index contributed by atoms with van der Waals surface area (Å²) >= 11 is 0. The molecule has 0 spiro atoms. The van der Waals surface area contributed by atoms with Crippen LogP contribution < -0.4 is 5.73 Å². The van der Waals surface area contributed by atoms with E-state index in [4.69, 9.17) is 9.90 Å². The first-order valence-electron chi connectivity index (χ1n) is 2.92. The standard InChI is InChI=1S/C5H10.CH3NO2/c1-5(2)3-4-5;2-1(3)4/h3-4H2,1-2H3;2H2,(H,3,4). The Kier molecular flexibility index (Phi) is 2.49. The molecule has 1 aliphatic rings. The summed E-state index contributed by atoms with van der Waals surface area (Å²) in [4.78, 5) is 8.78. The number of carboxylic acid groups (broad SMARTS) is 1. The molecule has 0 radical (unpaired) electrons. The van der Waals surface area contributed by atoms with Gasteiger partial charge in [0.15, 0.2) is 0 Å². The van der Waals surface area contributed by atoms with E-state index in [-0.39, 0.29) is 0 Å². The second-order valence-electron chi connectivity index (χ2n) is 3.00. The van der Waals surface area contributed by atoms with Gasteiger partial charge in [0.2, 0.25) is 0 Å². The molecule has 0 aliphatic heterocycles. The summed E-state index contributed by atoms with van der Waals surface area (Å²) in [5.74, 6) is 0. The van der Waals surface area contributed by atoms with Gasteiger partial charge in [0.25, 0.3) is 0 Å². The van der Waals surface area contributed by atoms with Crippen LogP contribution in [0.1, 0.15) is 26.7 Å². The van der Waals surface area contributed by atoms with Crippen LogP contribution >= 0.6 is 0 Å². The van der Waals surface area contributed by atoms with E-state index in [2.05, 4.69) is 19.6 Å². The zero-order valence-electron chi connectivity index (χ0n) is 5.85. The van der Waals surface area contributed by atoms with E-state index in [1.54, 1.807) is 0 Å². The molecule has 1 rings (SSSR count). The Morgan fingerprint density at radius 1 is 1.56 bits per heavy atom. The summed E-state index contributed by atoms with van der Waals surface area (Å²) < 4.78 is 0. The second-order valence-corrected chi connectivity index (χ2v) is 3.00. The van der Waals surface area contributed by atoms with Crippen LogP contribution in [-0.2, 0) is 0 Å². The maximum Gasteiger partial charge on any atom is 0.402 e. The van der Waals surface area contributed by atoms with Crippen LogP contribution in [0.2, 0.25) is 0 Å². The van der Waals surface area contributed by atoms with Crippen LogP contribution in [0.5, 0.6) is 0 Å². The van der Waals surface area contributed by atoms with Crippen molar-refractivity contribution in [2.45, 2.75) is 26.7 Å². The third-order valence-corrected chi connectivity index (χ3v) is 1.25. The van der Waals surface area contributed by atoms with Gasteiger partial charge in [-0.25, -0.2) is 4.79 Å². The number of hydrogen-bond donors (Lipinski definition) is 2. The van der Waals surface area contributed by atoms with Crippen LogP contribution in [0.15, 0.2) is 0 Å². The molecule has 0 aromatic rings. The van der Waals surface area contributed by atoms with Crippen molar-refractivity contribution in [2.24, 2.45) is 11.1 Å². The van der Waals surface area contributed by atoms with Gasteiger partial charge in [-0.05, 0) is 18.3 Å². The van der Waals surface area contributed by atoms with Crippen molar-refractivity contribution in [3.05, 3.63) is 0 Å². The average molecular weight is 131 g/mol. The predicted molar refractivity (Wildman–Crippen MR) is 35.2 cm³/mol. The molecule has 1 aliphatic carbocycles. The van der Waals surface area contributed by atoms with Gasteiger partial charge < -0.3 is 10.8 Å². The van der Waals surface area contributed by atoms with E-state index >= 15 is 0 Å². The molecule has 1 saturated carbocycles. The topological polar surface area (TPSA) is 63.3 Å². The molecule has 1 amide bonds. The second kappa shape index (κ2) is 2.71. The molecular weight excluding hydrogens is 118 g/mol. The van der Waals surface area contributed by atoms with Gasteiger partial charge in [-0.15, -0.1) is 0 Å². The highest BCUT2D eigenvalue weighted by Gasteiger charge is 2.30. The van der Waals surface area contributed by atoms with Gasteiger partial charge in [-0.1, -0.05) is 13.8 Å². The highest BCUT2D eigenvalue weighted by atomic mass is 16.4. The van der Waals surface area contributed by atoms with Gasteiger partial charge in [-0.3, -0.25) is 0 Å². The van der Waals surface area contributed by atoms with E-state index in [9.17, 15) is 0 Å². The zero-order valence-corrected chi connectivity index (χ0v) is 5.85. The van der Waals surface area contributed by atoms with E-state index < -0.39 is 6.09 Å². The van der Waals surface area contributed by atoms with E-state index in [0.717, 1.165) is 5.41 Å². The third-order valence-electron chi connectivity index (χ3n) is 1.25. The van der Waals surface area contributed by atoms with Gasteiger partial charge in [-0.2, -0.15) is 0 Å². The summed E-state index contributed by atoms with van der Waals surface area (Å²) in [5, 5.41) is 7.19. The lowest BCUT2D eigenvalue weighted by molar-refractivity contribution is 0.205. The normalized spacial score (nSPS) is 19.3. The van der Waals surface area contributed by atoms with Crippen LogP contribution in [0, 0.1) is 5.41 Å². The van der Waals surface area contributed by atoms with Crippen molar-refractivity contribution in [2.75, 3.05) is 0 Å². The fourth-order valence-corrected chi connectivity index (χ4v) is 0.250. The third kappa shape index (κ3) is 11.1. The first-order valence-corrected chi connectivity index (χ1v) is 2.92. The number of rotatable bonds is 0. The van der Waals surface area contributed by atoms with Crippen LogP contribution in [0.25, 0.3) is 0 Å². The fraction of sp³-hybridized carbons (Fsp3) is 0.833. The molecule has 3 nitrogen and oxygen atoms in total. The van der Waals surface area contributed by atoms with E-state index in [0.29, 0.717) is 0 Å². The highest BCUT2D eigenvalue weighted by molar-refractivity contribution is 5.61. The minimum Gasteiger partial charge on any atom is -0.465 e. The molecule has 0 aromatic heterocycles. The molecule has 0 atom stereocenters. The number of carbonyl (C=O) groups is 1. The molecule has 54 valence electrons. The summed E-state index contributed by atoms with van der Waals surface area (Å²) in [6, 6.07) is 0. The lowest BCUT2D eigenvalue weighted by Gasteiger charge is -1.86. The Balaban J connectivity index is 0.000000148. The van der Waals surface area contributed by atoms with Crippen molar-refractivity contribution in [3.63, 3.8) is 0 Å². The van der Waals surface area contributed by atoms with Crippen LogP contribution in [0.3, 0.4) is 0 Å². The summed E-state index contributed by atoms with van der Waals surface area (Å²) in [5.41, 5.74) is 4.78. The SMILES string of the molecule is CC1(C)CC1.NC(=O)O. The Morgan fingerprint density at radius 2 is 1.67 bits per heavy atom.